The molecule has 0 aromatic carbocycles. The third kappa shape index (κ3) is 2.35. The van der Waals surface area contributed by atoms with Crippen LogP contribution in [0.3, 0.4) is 0 Å². The summed E-state index contributed by atoms with van der Waals surface area (Å²) >= 11 is 0. The normalized spacial score (nSPS) is 17.8. The fourth-order valence-electron chi connectivity index (χ4n) is 2.15. The van der Waals surface area contributed by atoms with E-state index in [0.29, 0.717) is 5.92 Å². The largest absolute Gasteiger partial charge is 0.343 e. The summed E-state index contributed by atoms with van der Waals surface area (Å²) in [6.45, 7) is 3.41. The molecule has 0 saturated carbocycles. The first kappa shape index (κ1) is 10.1. The van der Waals surface area contributed by atoms with Crippen LogP contribution in [0.25, 0.3) is 0 Å². The van der Waals surface area contributed by atoms with Crippen molar-refractivity contribution in [2.24, 2.45) is 0 Å². The molecule has 1 saturated heterocycles. The number of hydrogen-bond acceptors (Lipinski definition) is 2. The molecule has 0 unspecified atom stereocenters. The van der Waals surface area contributed by atoms with Crippen LogP contribution in [0.5, 0.6) is 0 Å². The molecular weight excluding hydrogens is 188 g/mol. The summed E-state index contributed by atoms with van der Waals surface area (Å²) in [6.07, 6.45) is 5.86. The summed E-state index contributed by atoms with van der Waals surface area (Å²) in [6, 6.07) is 4.10. The van der Waals surface area contributed by atoms with Crippen LogP contribution in [-0.2, 0) is 4.79 Å². The zero-order chi connectivity index (χ0) is 10.7. The summed E-state index contributed by atoms with van der Waals surface area (Å²) in [5.41, 5.74) is 1.31. The second-order valence-electron chi connectivity index (χ2n) is 4.07. The van der Waals surface area contributed by atoms with E-state index in [4.69, 9.17) is 0 Å². The van der Waals surface area contributed by atoms with Crippen LogP contribution in [-0.4, -0.2) is 28.9 Å². The fraction of sp³-hybridized carbons (Fsp3) is 0.500. The van der Waals surface area contributed by atoms with Gasteiger partial charge in [0.05, 0.1) is 0 Å². The van der Waals surface area contributed by atoms with Crippen LogP contribution in [0.15, 0.2) is 24.5 Å². The Hall–Kier alpha value is -1.38. The average Bonchev–Trinajstić information content (AvgIpc) is 2.30. The van der Waals surface area contributed by atoms with Gasteiger partial charge in [0.15, 0.2) is 0 Å². The maximum absolute atomic E-state index is 11.2. The molecule has 1 amide bonds. The van der Waals surface area contributed by atoms with E-state index in [2.05, 4.69) is 11.1 Å². The van der Waals surface area contributed by atoms with Gasteiger partial charge in [-0.1, -0.05) is 6.07 Å². The lowest BCUT2D eigenvalue weighted by Crippen LogP contribution is -2.36. The maximum atomic E-state index is 11.2. The first-order valence-corrected chi connectivity index (χ1v) is 5.43. The number of nitrogens with zero attached hydrogens (tertiary/aromatic N) is 2. The zero-order valence-corrected chi connectivity index (χ0v) is 9.02. The third-order valence-corrected chi connectivity index (χ3v) is 3.10. The van der Waals surface area contributed by atoms with Crippen molar-refractivity contribution < 1.29 is 4.79 Å². The Labute approximate surface area is 90.1 Å². The van der Waals surface area contributed by atoms with E-state index in [0.717, 1.165) is 25.9 Å². The highest BCUT2D eigenvalue weighted by Crippen LogP contribution is 2.27. The predicted octanol–water partition coefficient (Wildman–Crippen LogP) is 1.81. The van der Waals surface area contributed by atoms with Gasteiger partial charge < -0.3 is 4.90 Å². The fourth-order valence-corrected chi connectivity index (χ4v) is 2.15. The van der Waals surface area contributed by atoms with E-state index >= 15 is 0 Å². The molecule has 0 spiro atoms. The van der Waals surface area contributed by atoms with Gasteiger partial charge in [-0.15, -0.1) is 0 Å². The minimum absolute atomic E-state index is 0.194. The van der Waals surface area contributed by atoms with Gasteiger partial charge in [-0.2, -0.15) is 0 Å². The molecule has 1 aromatic rings. The van der Waals surface area contributed by atoms with Crippen LogP contribution in [0, 0.1) is 0 Å². The first-order valence-electron chi connectivity index (χ1n) is 5.43. The highest BCUT2D eigenvalue weighted by molar-refractivity contribution is 5.73. The van der Waals surface area contributed by atoms with Crippen LogP contribution < -0.4 is 0 Å². The maximum Gasteiger partial charge on any atom is 0.219 e. The molecular formula is C12H16N2O. The molecule has 15 heavy (non-hydrogen) atoms. The van der Waals surface area contributed by atoms with Crippen molar-refractivity contribution in [2.75, 3.05) is 13.1 Å². The molecule has 0 aliphatic carbocycles. The molecule has 0 atom stereocenters. The molecule has 80 valence electrons. The molecule has 0 N–H and O–H groups in total. The lowest BCUT2D eigenvalue weighted by Gasteiger charge is -2.31. The van der Waals surface area contributed by atoms with Crippen molar-refractivity contribution in [2.45, 2.75) is 25.7 Å². The average molecular weight is 204 g/mol. The Morgan fingerprint density at radius 2 is 2.20 bits per heavy atom. The van der Waals surface area contributed by atoms with Gasteiger partial charge >= 0.3 is 0 Å². The van der Waals surface area contributed by atoms with Crippen LogP contribution in [0.1, 0.15) is 31.2 Å². The third-order valence-electron chi connectivity index (χ3n) is 3.10. The number of pyridine rings is 1. The lowest BCUT2D eigenvalue weighted by molar-refractivity contribution is -0.129. The summed E-state index contributed by atoms with van der Waals surface area (Å²) in [5.74, 6) is 0.772. The Morgan fingerprint density at radius 3 is 2.73 bits per heavy atom. The molecule has 1 fully saturated rings. The molecule has 0 radical (unpaired) electrons. The zero-order valence-electron chi connectivity index (χ0n) is 9.02. The number of piperidine rings is 1. The number of aromatic nitrogens is 1. The summed E-state index contributed by atoms with van der Waals surface area (Å²) in [5, 5.41) is 0. The highest BCUT2D eigenvalue weighted by Gasteiger charge is 2.21. The monoisotopic (exact) mass is 204 g/mol. The second-order valence-corrected chi connectivity index (χ2v) is 4.07. The van der Waals surface area contributed by atoms with Crippen LogP contribution in [0.4, 0.5) is 0 Å². The number of rotatable bonds is 1. The van der Waals surface area contributed by atoms with Gasteiger partial charge in [0, 0.05) is 32.4 Å². The van der Waals surface area contributed by atoms with E-state index in [1.54, 1.807) is 13.1 Å². The van der Waals surface area contributed by atoms with Gasteiger partial charge in [-0.05, 0) is 30.4 Å². The Kier molecular flexibility index (Phi) is 2.99. The molecule has 1 aliphatic heterocycles. The number of likely N-dealkylation sites (tertiary alicyclic amines) is 1. The molecule has 3 nitrogen and oxygen atoms in total. The molecule has 0 bridgehead atoms. The van der Waals surface area contributed by atoms with Crippen molar-refractivity contribution in [3.63, 3.8) is 0 Å². The molecule has 1 aromatic heterocycles. The Balaban J connectivity index is 1.97. The van der Waals surface area contributed by atoms with E-state index in [-0.39, 0.29) is 5.91 Å². The van der Waals surface area contributed by atoms with Crippen molar-refractivity contribution in [1.82, 2.24) is 9.88 Å². The van der Waals surface area contributed by atoms with Crippen molar-refractivity contribution >= 4 is 5.91 Å². The lowest BCUT2D eigenvalue weighted by atomic mass is 9.90. The number of carbonyl (C=O) groups is 1. The second kappa shape index (κ2) is 4.43. The predicted molar refractivity (Wildman–Crippen MR) is 58.5 cm³/mol. The van der Waals surface area contributed by atoms with E-state index in [1.807, 2.05) is 17.2 Å². The smallest absolute Gasteiger partial charge is 0.219 e. The molecule has 2 heterocycles. The summed E-state index contributed by atoms with van der Waals surface area (Å²) in [7, 11) is 0. The minimum atomic E-state index is 0.194. The summed E-state index contributed by atoms with van der Waals surface area (Å²) in [4.78, 5) is 17.2. The van der Waals surface area contributed by atoms with Crippen molar-refractivity contribution in [3.05, 3.63) is 30.1 Å². The van der Waals surface area contributed by atoms with Crippen LogP contribution >= 0.6 is 0 Å². The number of amides is 1. The number of hydrogen-bond donors (Lipinski definition) is 0. The van der Waals surface area contributed by atoms with E-state index in [1.165, 1.54) is 5.56 Å². The van der Waals surface area contributed by atoms with E-state index in [9.17, 15) is 4.79 Å². The Bertz CT molecular complexity index is 329. The van der Waals surface area contributed by atoms with Gasteiger partial charge in [0.25, 0.3) is 0 Å². The van der Waals surface area contributed by atoms with Gasteiger partial charge in [-0.25, -0.2) is 0 Å². The topological polar surface area (TPSA) is 33.2 Å². The van der Waals surface area contributed by atoms with Gasteiger partial charge in [-0.3, -0.25) is 9.78 Å². The first-order chi connectivity index (χ1) is 7.27. The van der Waals surface area contributed by atoms with Crippen LogP contribution in [0.2, 0.25) is 0 Å². The SMILES string of the molecule is CC(=O)N1CCC(c2cccnc2)CC1. The minimum Gasteiger partial charge on any atom is -0.343 e. The van der Waals surface area contributed by atoms with E-state index < -0.39 is 0 Å². The molecule has 2 rings (SSSR count). The quantitative estimate of drug-likeness (QED) is 0.699. The molecule has 1 aliphatic rings. The van der Waals surface area contributed by atoms with Gasteiger partial charge in [0.1, 0.15) is 0 Å². The summed E-state index contributed by atoms with van der Waals surface area (Å²) < 4.78 is 0. The highest BCUT2D eigenvalue weighted by atomic mass is 16.2. The van der Waals surface area contributed by atoms with Crippen molar-refractivity contribution in [3.8, 4) is 0 Å². The number of carbonyl (C=O) groups excluding carboxylic acids is 1. The Morgan fingerprint density at radius 1 is 1.47 bits per heavy atom. The van der Waals surface area contributed by atoms with Gasteiger partial charge in [0.2, 0.25) is 5.91 Å². The standard InChI is InChI=1S/C12H16N2O/c1-10(15)14-7-4-11(5-8-14)12-3-2-6-13-9-12/h2-3,6,9,11H,4-5,7-8H2,1H3. The van der Waals surface area contributed by atoms with Crippen molar-refractivity contribution in [1.29, 1.82) is 0 Å². The molecule has 3 heteroatoms.